The van der Waals surface area contributed by atoms with Crippen molar-refractivity contribution in [3.8, 4) is 0 Å². The number of hydrogen-bond donors (Lipinski definition) is 1. The van der Waals surface area contributed by atoms with Crippen molar-refractivity contribution < 1.29 is 9.87 Å². The van der Waals surface area contributed by atoms with Gasteiger partial charge >= 0.3 is 0 Å². The summed E-state index contributed by atoms with van der Waals surface area (Å²) in [6.07, 6.45) is 4.10. The molecule has 0 unspecified atom stereocenters. The first-order chi connectivity index (χ1) is 3.79. The highest BCUT2D eigenvalue weighted by molar-refractivity contribution is 5.10. The smallest absolute Gasteiger partial charge is 0.225 e. The van der Waals surface area contributed by atoms with Crippen LogP contribution in [-0.2, 0) is 0 Å². The molecule has 1 aliphatic heterocycles. The average molecular weight is 112 g/mol. The van der Waals surface area contributed by atoms with Gasteiger partial charge in [0, 0.05) is 21.8 Å². The van der Waals surface area contributed by atoms with Crippen molar-refractivity contribution in [2.45, 2.75) is 0 Å². The van der Waals surface area contributed by atoms with Crippen molar-refractivity contribution in [3.63, 3.8) is 0 Å². The molecule has 0 aromatic carbocycles. The van der Waals surface area contributed by atoms with Crippen molar-refractivity contribution >= 4 is 0 Å². The maximum absolute atomic E-state index is 10.3. The van der Waals surface area contributed by atoms with Gasteiger partial charge in [-0.1, -0.05) is 0 Å². The monoisotopic (exact) mass is 112 g/mol. The fraction of sp³-hybridized carbons (Fsp3) is 0.200. The Morgan fingerprint density at radius 2 is 2.50 bits per heavy atom. The maximum atomic E-state index is 10.3. The molecule has 3 nitrogen and oxygen atoms in total. The van der Waals surface area contributed by atoms with E-state index in [2.05, 4.69) is 0 Å². The van der Waals surface area contributed by atoms with Gasteiger partial charge in [0.05, 0.1) is 0 Å². The molecule has 1 heterocycles. The Hall–Kier alpha value is -1.12. The van der Waals surface area contributed by atoms with E-state index in [1.54, 1.807) is 0 Å². The minimum Gasteiger partial charge on any atom is -0.508 e. The molecule has 0 atom stereocenters. The molecule has 0 aliphatic carbocycles. The second-order valence-corrected chi connectivity index (χ2v) is 1.54. The Balaban J connectivity index is 2.71. The standard InChI is InChI=1S/C5H5NO2/c7-5-1-3-6(8)4-2-5/h1-3H,4H2/p+1. The summed E-state index contributed by atoms with van der Waals surface area (Å²) in [6.45, 7) is 0.252. The average Bonchev–Trinajstić information content (AvgIpc) is 1.77. The van der Waals surface area contributed by atoms with Crippen molar-refractivity contribution in [1.29, 1.82) is 0 Å². The highest BCUT2D eigenvalue weighted by Crippen LogP contribution is 1.96. The van der Waals surface area contributed by atoms with Crippen LogP contribution in [0.2, 0.25) is 0 Å². The van der Waals surface area contributed by atoms with Crippen molar-refractivity contribution in [2.75, 3.05) is 6.54 Å². The summed E-state index contributed by atoms with van der Waals surface area (Å²) >= 11 is 0. The summed E-state index contributed by atoms with van der Waals surface area (Å²) in [5.41, 5.74) is 0. The molecule has 0 spiro atoms. The van der Waals surface area contributed by atoms with E-state index in [1.807, 2.05) is 0 Å². The third kappa shape index (κ3) is 0.932. The number of allylic oxidation sites excluding steroid dienone is 1. The van der Waals surface area contributed by atoms with E-state index < -0.39 is 0 Å². The highest BCUT2D eigenvalue weighted by Gasteiger charge is 2.05. The predicted molar refractivity (Wildman–Crippen MR) is 28.3 cm³/mol. The Kier molecular flexibility index (Phi) is 1.12. The van der Waals surface area contributed by atoms with Gasteiger partial charge in [-0.3, -0.25) is 0 Å². The van der Waals surface area contributed by atoms with E-state index in [1.165, 1.54) is 18.4 Å². The van der Waals surface area contributed by atoms with Crippen LogP contribution in [0.1, 0.15) is 0 Å². The normalized spacial score (nSPS) is 18.5. The van der Waals surface area contributed by atoms with E-state index in [0.29, 0.717) is 0 Å². The number of nitroso groups, excluding NO2 is 1. The lowest BCUT2D eigenvalue weighted by molar-refractivity contribution is -0.469. The summed E-state index contributed by atoms with van der Waals surface area (Å²) in [6, 6.07) is 0. The molecule has 0 aromatic rings. The molecule has 0 bridgehead atoms. The summed E-state index contributed by atoms with van der Waals surface area (Å²) in [5.74, 6) is 0.164. The van der Waals surface area contributed by atoms with Crippen LogP contribution in [-0.4, -0.2) is 16.4 Å². The molecule has 0 aromatic heterocycles. The molecule has 1 aliphatic rings. The first-order valence-electron chi connectivity index (χ1n) is 2.30. The molecular formula is C5H6NO2+. The van der Waals surface area contributed by atoms with Crippen molar-refractivity contribution in [2.24, 2.45) is 0 Å². The predicted octanol–water partition coefficient (Wildman–Crippen LogP) is 0.734. The lowest BCUT2D eigenvalue weighted by atomic mass is 10.4. The van der Waals surface area contributed by atoms with Gasteiger partial charge in [-0.05, 0) is 0 Å². The number of aliphatic hydroxyl groups excluding tert-OH is 1. The summed E-state index contributed by atoms with van der Waals surface area (Å²) < 4.78 is 0.736. The zero-order valence-corrected chi connectivity index (χ0v) is 4.24. The van der Waals surface area contributed by atoms with E-state index in [9.17, 15) is 4.91 Å². The van der Waals surface area contributed by atoms with E-state index >= 15 is 0 Å². The van der Waals surface area contributed by atoms with Crippen LogP contribution in [0.15, 0.2) is 24.1 Å². The van der Waals surface area contributed by atoms with E-state index in [0.717, 1.165) is 4.76 Å². The highest BCUT2D eigenvalue weighted by atomic mass is 16.3. The first-order valence-corrected chi connectivity index (χ1v) is 2.30. The van der Waals surface area contributed by atoms with Gasteiger partial charge in [0.15, 0.2) is 0 Å². The van der Waals surface area contributed by atoms with Crippen LogP contribution < -0.4 is 0 Å². The van der Waals surface area contributed by atoms with Crippen LogP contribution in [0, 0.1) is 4.91 Å². The maximum Gasteiger partial charge on any atom is 0.225 e. The van der Waals surface area contributed by atoms with E-state index in [4.69, 9.17) is 5.11 Å². The van der Waals surface area contributed by atoms with Gasteiger partial charge in [-0.15, -0.1) is 0 Å². The third-order valence-electron chi connectivity index (χ3n) is 0.892. The quantitative estimate of drug-likeness (QED) is 0.469. The summed E-state index contributed by atoms with van der Waals surface area (Å²) in [4.78, 5) is 10.3. The summed E-state index contributed by atoms with van der Waals surface area (Å²) in [7, 11) is 0. The van der Waals surface area contributed by atoms with Crippen LogP contribution >= 0.6 is 0 Å². The van der Waals surface area contributed by atoms with Gasteiger partial charge in [-0.25, -0.2) is 0 Å². The Morgan fingerprint density at radius 1 is 1.75 bits per heavy atom. The van der Waals surface area contributed by atoms with Crippen LogP contribution in [0.25, 0.3) is 0 Å². The Bertz CT molecular complexity index is 167. The SMILES string of the molecule is O=[N+]1C=CC(O)=CC1. The number of rotatable bonds is 0. The fourth-order valence-electron chi connectivity index (χ4n) is 0.472. The Labute approximate surface area is 46.5 Å². The number of nitrogens with zero attached hydrogens (tertiary/aromatic N) is 1. The van der Waals surface area contributed by atoms with Crippen LogP contribution in [0.3, 0.4) is 0 Å². The molecule has 42 valence electrons. The largest absolute Gasteiger partial charge is 0.508 e. The van der Waals surface area contributed by atoms with E-state index in [-0.39, 0.29) is 12.3 Å². The molecule has 8 heavy (non-hydrogen) atoms. The third-order valence-corrected chi connectivity index (χ3v) is 0.892. The molecule has 0 amide bonds. The number of hydrogen-bond acceptors (Lipinski definition) is 2. The Morgan fingerprint density at radius 3 is 2.88 bits per heavy atom. The molecule has 3 heteroatoms. The number of aliphatic hydroxyl groups is 1. The molecule has 1 rings (SSSR count). The van der Waals surface area contributed by atoms with Crippen molar-refractivity contribution in [1.82, 2.24) is 0 Å². The molecule has 0 saturated heterocycles. The molecular weight excluding hydrogens is 106 g/mol. The lowest BCUT2D eigenvalue weighted by Gasteiger charge is -1.89. The zero-order chi connectivity index (χ0) is 5.98. The zero-order valence-electron chi connectivity index (χ0n) is 4.24. The van der Waals surface area contributed by atoms with Gasteiger partial charge in [0.2, 0.25) is 12.7 Å². The van der Waals surface area contributed by atoms with Gasteiger partial charge in [0.1, 0.15) is 5.76 Å². The fourth-order valence-corrected chi connectivity index (χ4v) is 0.472. The second-order valence-electron chi connectivity index (χ2n) is 1.54. The van der Waals surface area contributed by atoms with Crippen LogP contribution in [0.4, 0.5) is 0 Å². The topological polar surface area (TPSA) is 40.3 Å². The minimum absolute atomic E-state index is 0.164. The van der Waals surface area contributed by atoms with Crippen LogP contribution in [0.5, 0.6) is 0 Å². The lowest BCUT2D eigenvalue weighted by Crippen LogP contribution is -2.03. The molecule has 0 saturated carbocycles. The molecule has 0 fully saturated rings. The molecule has 0 radical (unpaired) electrons. The first kappa shape index (κ1) is 5.03. The molecule has 1 N–H and O–H groups in total. The van der Waals surface area contributed by atoms with Crippen molar-refractivity contribution in [3.05, 3.63) is 29.0 Å². The van der Waals surface area contributed by atoms with Gasteiger partial charge < -0.3 is 5.11 Å². The van der Waals surface area contributed by atoms with Gasteiger partial charge in [-0.2, -0.15) is 0 Å². The summed E-state index contributed by atoms with van der Waals surface area (Å²) in [5, 5.41) is 8.64. The minimum atomic E-state index is 0.164. The van der Waals surface area contributed by atoms with Gasteiger partial charge in [0.25, 0.3) is 0 Å². The second kappa shape index (κ2) is 1.78.